The van der Waals surface area contributed by atoms with Gasteiger partial charge in [-0.15, -0.1) is 0 Å². The summed E-state index contributed by atoms with van der Waals surface area (Å²) in [4.78, 5) is 0. The lowest BCUT2D eigenvalue weighted by Crippen LogP contribution is -2.52. The molecule has 0 amide bonds. The molecule has 1 aromatic rings. The molecule has 3 heteroatoms. The minimum atomic E-state index is 0.0581. The van der Waals surface area contributed by atoms with E-state index in [0.717, 1.165) is 13.0 Å². The van der Waals surface area contributed by atoms with Crippen LogP contribution >= 0.6 is 11.3 Å². The molecule has 1 atom stereocenters. The molecule has 1 aliphatic carbocycles. The number of ether oxygens (including phenoxy) is 1. The molecule has 0 spiro atoms. The molecule has 2 nitrogen and oxygen atoms in total. The van der Waals surface area contributed by atoms with Crippen molar-refractivity contribution in [2.45, 2.75) is 69.9 Å². The van der Waals surface area contributed by atoms with Crippen LogP contribution in [-0.4, -0.2) is 25.3 Å². The Labute approximate surface area is 127 Å². The molecule has 1 unspecified atom stereocenters. The fraction of sp³-hybridized carbons (Fsp3) is 0.765. The Bertz CT molecular complexity index is 355. The summed E-state index contributed by atoms with van der Waals surface area (Å²) in [6.07, 6.45) is 10.1. The predicted molar refractivity (Wildman–Crippen MR) is 87.5 cm³/mol. The van der Waals surface area contributed by atoms with Gasteiger partial charge in [0.15, 0.2) is 0 Å². The van der Waals surface area contributed by atoms with Crippen LogP contribution in [0, 0.1) is 0 Å². The van der Waals surface area contributed by atoms with E-state index in [2.05, 4.69) is 29.1 Å². The number of aryl methyl sites for hydroxylation is 1. The molecule has 114 valence electrons. The van der Waals surface area contributed by atoms with Gasteiger partial charge in [0.05, 0.1) is 5.60 Å². The molecule has 0 bridgehead atoms. The van der Waals surface area contributed by atoms with E-state index in [1.54, 1.807) is 11.3 Å². The summed E-state index contributed by atoms with van der Waals surface area (Å²) in [6.45, 7) is 3.23. The minimum Gasteiger partial charge on any atom is -0.377 e. The van der Waals surface area contributed by atoms with Crippen molar-refractivity contribution in [3.63, 3.8) is 0 Å². The third-order valence-electron chi connectivity index (χ3n) is 4.74. The van der Waals surface area contributed by atoms with Gasteiger partial charge in [0, 0.05) is 13.2 Å². The summed E-state index contributed by atoms with van der Waals surface area (Å²) in [5.41, 5.74) is 1.53. The molecule has 2 rings (SSSR count). The van der Waals surface area contributed by atoms with Crippen molar-refractivity contribution in [2.24, 2.45) is 0 Å². The third kappa shape index (κ3) is 4.06. The lowest BCUT2D eigenvalue weighted by molar-refractivity contribution is -0.0543. The van der Waals surface area contributed by atoms with Crippen LogP contribution in [0.1, 0.15) is 57.4 Å². The van der Waals surface area contributed by atoms with E-state index in [1.165, 1.54) is 50.5 Å². The highest BCUT2D eigenvalue weighted by atomic mass is 32.1. The number of nitrogens with one attached hydrogen (secondary N) is 1. The van der Waals surface area contributed by atoms with Crippen LogP contribution in [0.3, 0.4) is 0 Å². The number of hydrogen-bond acceptors (Lipinski definition) is 3. The van der Waals surface area contributed by atoms with E-state index >= 15 is 0 Å². The van der Waals surface area contributed by atoms with E-state index in [1.807, 2.05) is 7.11 Å². The van der Waals surface area contributed by atoms with Crippen LogP contribution in [0.5, 0.6) is 0 Å². The van der Waals surface area contributed by atoms with Crippen molar-refractivity contribution in [1.82, 2.24) is 5.32 Å². The van der Waals surface area contributed by atoms with Crippen molar-refractivity contribution >= 4 is 11.3 Å². The van der Waals surface area contributed by atoms with E-state index in [-0.39, 0.29) is 5.60 Å². The van der Waals surface area contributed by atoms with Crippen molar-refractivity contribution < 1.29 is 4.74 Å². The average molecular weight is 295 g/mol. The van der Waals surface area contributed by atoms with Gasteiger partial charge in [0.1, 0.15) is 0 Å². The van der Waals surface area contributed by atoms with Gasteiger partial charge >= 0.3 is 0 Å². The maximum Gasteiger partial charge on any atom is 0.0831 e. The second-order valence-electron chi connectivity index (χ2n) is 5.96. The minimum absolute atomic E-state index is 0.0581. The van der Waals surface area contributed by atoms with Crippen LogP contribution in [0.4, 0.5) is 0 Å². The number of rotatable bonds is 7. The Morgan fingerprint density at radius 3 is 2.60 bits per heavy atom. The van der Waals surface area contributed by atoms with Crippen molar-refractivity contribution in [1.29, 1.82) is 0 Å². The maximum atomic E-state index is 6.08. The molecule has 1 aliphatic rings. The number of methoxy groups -OCH3 is 1. The Morgan fingerprint density at radius 2 is 2.05 bits per heavy atom. The first-order chi connectivity index (χ1) is 9.80. The molecule has 0 aromatic carbocycles. The molecule has 1 fully saturated rings. The quantitative estimate of drug-likeness (QED) is 0.753. The molecular formula is C17H29NOS. The van der Waals surface area contributed by atoms with Crippen LogP contribution < -0.4 is 5.32 Å². The van der Waals surface area contributed by atoms with Gasteiger partial charge in [-0.1, -0.05) is 32.6 Å². The first-order valence-electron chi connectivity index (χ1n) is 8.10. The zero-order chi connectivity index (χ0) is 14.3. The zero-order valence-corrected chi connectivity index (χ0v) is 13.8. The summed E-state index contributed by atoms with van der Waals surface area (Å²) in [5, 5.41) is 8.16. The van der Waals surface area contributed by atoms with Crippen molar-refractivity contribution in [2.75, 3.05) is 13.7 Å². The largest absolute Gasteiger partial charge is 0.377 e. The van der Waals surface area contributed by atoms with Crippen LogP contribution in [0.15, 0.2) is 16.8 Å². The molecule has 1 saturated carbocycles. The third-order valence-corrected chi connectivity index (χ3v) is 5.48. The van der Waals surface area contributed by atoms with Gasteiger partial charge in [-0.25, -0.2) is 0 Å². The second-order valence-corrected chi connectivity index (χ2v) is 6.74. The number of likely N-dealkylation sites (N-methyl/N-ethyl adjacent to an activating group) is 1. The SMILES string of the molecule is CCNC(CCc1ccsc1)C1(OC)CCCCCC1. The van der Waals surface area contributed by atoms with Gasteiger partial charge in [0.2, 0.25) is 0 Å². The smallest absolute Gasteiger partial charge is 0.0831 e. The number of thiophene rings is 1. The van der Waals surface area contributed by atoms with Gasteiger partial charge in [-0.05, 0) is 54.6 Å². The summed E-state index contributed by atoms with van der Waals surface area (Å²) in [6, 6.07) is 2.73. The normalized spacial score (nSPS) is 20.5. The van der Waals surface area contributed by atoms with Crippen molar-refractivity contribution in [3.05, 3.63) is 22.4 Å². The van der Waals surface area contributed by atoms with E-state index < -0.39 is 0 Å². The summed E-state index contributed by atoms with van der Waals surface area (Å²) in [7, 11) is 1.92. The molecule has 1 heterocycles. The van der Waals surface area contributed by atoms with Gasteiger partial charge < -0.3 is 10.1 Å². The zero-order valence-electron chi connectivity index (χ0n) is 13.0. The molecule has 1 N–H and O–H groups in total. The first-order valence-corrected chi connectivity index (χ1v) is 9.04. The van der Waals surface area contributed by atoms with E-state index in [9.17, 15) is 0 Å². The monoisotopic (exact) mass is 295 g/mol. The van der Waals surface area contributed by atoms with Gasteiger partial charge in [0.25, 0.3) is 0 Å². The van der Waals surface area contributed by atoms with Crippen molar-refractivity contribution in [3.8, 4) is 0 Å². The van der Waals surface area contributed by atoms with Crippen LogP contribution in [0.25, 0.3) is 0 Å². The Kier molecular flexibility index (Phi) is 6.53. The molecule has 20 heavy (non-hydrogen) atoms. The second kappa shape index (κ2) is 8.16. The Morgan fingerprint density at radius 1 is 1.30 bits per heavy atom. The highest BCUT2D eigenvalue weighted by molar-refractivity contribution is 7.07. The van der Waals surface area contributed by atoms with Gasteiger partial charge in [-0.3, -0.25) is 0 Å². The number of hydrogen-bond donors (Lipinski definition) is 1. The van der Waals surface area contributed by atoms with E-state index in [0.29, 0.717) is 6.04 Å². The maximum absolute atomic E-state index is 6.08. The standard InChI is InChI=1S/C17H29NOS/c1-3-18-16(9-8-15-10-13-20-14-15)17(19-2)11-6-4-5-7-12-17/h10,13-14,16,18H,3-9,11-12H2,1-2H3. The summed E-state index contributed by atoms with van der Waals surface area (Å²) >= 11 is 1.80. The lowest BCUT2D eigenvalue weighted by atomic mass is 9.83. The van der Waals surface area contributed by atoms with E-state index in [4.69, 9.17) is 4.74 Å². The molecule has 0 aliphatic heterocycles. The highest BCUT2D eigenvalue weighted by Crippen LogP contribution is 2.34. The van der Waals surface area contributed by atoms with Gasteiger partial charge in [-0.2, -0.15) is 11.3 Å². The molecule has 0 radical (unpaired) electrons. The first kappa shape index (κ1) is 16.0. The highest BCUT2D eigenvalue weighted by Gasteiger charge is 2.38. The Hall–Kier alpha value is -0.380. The molecule has 0 saturated heterocycles. The fourth-order valence-electron chi connectivity index (χ4n) is 3.57. The fourth-order valence-corrected chi connectivity index (χ4v) is 4.27. The van der Waals surface area contributed by atoms with Crippen LogP contribution in [-0.2, 0) is 11.2 Å². The predicted octanol–water partition coefficient (Wildman–Crippen LogP) is 4.40. The summed E-state index contributed by atoms with van der Waals surface area (Å²) < 4.78 is 6.08. The topological polar surface area (TPSA) is 21.3 Å². The molecule has 1 aromatic heterocycles. The van der Waals surface area contributed by atoms with Crippen LogP contribution in [0.2, 0.25) is 0 Å². The lowest BCUT2D eigenvalue weighted by Gasteiger charge is -2.40. The summed E-state index contributed by atoms with van der Waals surface area (Å²) in [5.74, 6) is 0. The average Bonchev–Trinajstić information content (AvgIpc) is 2.87. The molecular weight excluding hydrogens is 266 g/mol. The Balaban J connectivity index is 2.03.